The Bertz CT molecular complexity index is 751. The minimum atomic E-state index is -4.37. The van der Waals surface area contributed by atoms with Crippen LogP contribution in [0, 0.1) is 6.92 Å². The van der Waals surface area contributed by atoms with Crippen LogP contribution in [0.3, 0.4) is 0 Å². The summed E-state index contributed by atoms with van der Waals surface area (Å²) >= 11 is 1.60. The van der Waals surface area contributed by atoms with Gasteiger partial charge in [0.05, 0.1) is 12.2 Å². The molecule has 8 heteroatoms. The molecule has 0 saturated heterocycles. The van der Waals surface area contributed by atoms with Crippen LogP contribution in [0.25, 0.3) is 0 Å². The number of hydrogen-bond acceptors (Lipinski definition) is 5. The molecule has 1 atom stereocenters. The lowest BCUT2D eigenvalue weighted by molar-refractivity contribution is -0.137. The highest BCUT2D eigenvalue weighted by atomic mass is 32.2. The van der Waals surface area contributed by atoms with Crippen molar-refractivity contribution in [3.8, 4) is 11.5 Å². The Morgan fingerprint density at radius 3 is 2.34 bits per heavy atom. The molecule has 0 bridgehead atoms. The molecule has 0 radical (unpaired) electrons. The van der Waals surface area contributed by atoms with E-state index in [0.29, 0.717) is 18.1 Å². The first-order valence-electron chi connectivity index (χ1n) is 9.10. The van der Waals surface area contributed by atoms with E-state index in [1.807, 2.05) is 32.0 Å². The van der Waals surface area contributed by atoms with Gasteiger partial charge in [0.1, 0.15) is 31.0 Å². The Labute approximate surface area is 173 Å². The molecule has 0 aliphatic rings. The second kappa shape index (κ2) is 11.3. The molecule has 0 aliphatic carbocycles. The Balaban J connectivity index is 1.92. The molecule has 160 valence electrons. The van der Waals surface area contributed by atoms with Gasteiger partial charge >= 0.3 is 6.18 Å². The molecule has 0 aromatic heterocycles. The number of alkyl halides is 3. The summed E-state index contributed by atoms with van der Waals surface area (Å²) in [4.78, 5) is 1.06. The third kappa shape index (κ3) is 7.79. The largest absolute Gasteiger partial charge is 0.494 e. The molecule has 29 heavy (non-hydrogen) atoms. The maximum atomic E-state index is 12.6. The van der Waals surface area contributed by atoms with Crippen molar-refractivity contribution in [3.63, 3.8) is 0 Å². The Hall–Kier alpha value is -1.90. The molecule has 2 rings (SSSR count). The molecule has 0 aliphatic heterocycles. The van der Waals surface area contributed by atoms with Crippen molar-refractivity contribution in [1.29, 1.82) is 0 Å². The van der Waals surface area contributed by atoms with Crippen LogP contribution in [-0.2, 0) is 15.7 Å². The van der Waals surface area contributed by atoms with Gasteiger partial charge in [-0.2, -0.15) is 13.2 Å². The maximum absolute atomic E-state index is 12.6. The zero-order valence-corrected chi connectivity index (χ0v) is 17.4. The summed E-state index contributed by atoms with van der Waals surface area (Å²) in [6, 6.07) is 10.6. The van der Waals surface area contributed by atoms with E-state index in [4.69, 9.17) is 18.9 Å². The van der Waals surface area contributed by atoms with Crippen molar-refractivity contribution in [1.82, 2.24) is 0 Å². The van der Waals surface area contributed by atoms with Crippen molar-refractivity contribution in [2.24, 2.45) is 0 Å². The average Bonchev–Trinajstić information content (AvgIpc) is 2.69. The molecular formula is C21H25F3O4S. The highest BCUT2D eigenvalue weighted by Crippen LogP contribution is 2.30. The monoisotopic (exact) mass is 430 g/mol. The van der Waals surface area contributed by atoms with Gasteiger partial charge in [-0.15, -0.1) is 11.8 Å². The van der Waals surface area contributed by atoms with E-state index in [2.05, 4.69) is 0 Å². The molecule has 2 aromatic rings. The molecule has 2 aromatic carbocycles. The highest BCUT2D eigenvalue weighted by Gasteiger charge is 2.30. The third-order valence-corrected chi connectivity index (χ3v) is 5.05. The lowest BCUT2D eigenvalue weighted by atomic mass is 10.2. The molecule has 0 saturated carbocycles. The maximum Gasteiger partial charge on any atom is 0.416 e. The fourth-order valence-corrected chi connectivity index (χ4v) is 3.45. The van der Waals surface area contributed by atoms with Gasteiger partial charge in [0.25, 0.3) is 0 Å². The number of benzene rings is 2. The zero-order chi connectivity index (χ0) is 21.3. The number of hydrogen-bond donors (Lipinski definition) is 0. The number of thioether (sulfide) groups is 1. The van der Waals surface area contributed by atoms with E-state index < -0.39 is 11.7 Å². The van der Waals surface area contributed by atoms with E-state index in [0.717, 1.165) is 28.3 Å². The van der Waals surface area contributed by atoms with E-state index in [-0.39, 0.29) is 19.5 Å². The summed E-state index contributed by atoms with van der Waals surface area (Å²) in [5, 5.41) is 0. The molecule has 0 heterocycles. The summed E-state index contributed by atoms with van der Waals surface area (Å²) in [6.45, 7) is 4.83. The van der Waals surface area contributed by atoms with Gasteiger partial charge < -0.3 is 18.9 Å². The van der Waals surface area contributed by atoms with Crippen LogP contribution in [0.2, 0.25) is 0 Å². The van der Waals surface area contributed by atoms with Crippen molar-refractivity contribution in [2.45, 2.75) is 31.0 Å². The van der Waals surface area contributed by atoms with Crippen molar-refractivity contribution >= 4 is 11.8 Å². The molecule has 0 fully saturated rings. The van der Waals surface area contributed by atoms with Crippen LogP contribution in [0.15, 0.2) is 47.4 Å². The highest BCUT2D eigenvalue weighted by molar-refractivity contribution is 7.99. The topological polar surface area (TPSA) is 36.9 Å². The summed E-state index contributed by atoms with van der Waals surface area (Å²) in [7, 11) is 1.52. The predicted octanol–water partition coefficient (Wildman–Crippen LogP) is 5.57. The van der Waals surface area contributed by atoms with Gasteiger partial charge in [0.2, 0.25) is 0 Å². The van der Waals surface area contributed by atoms with Crippen molar-refractivity contribution < 1.29 is 32.1 Å². The van der Waals surface area contributed by atoms with E-state index in [1.54, 1.807) is 11.8 Å². The average molecular weight is 430 g/mol. The van der Waals surface area contributed by atoms with Gasteiger partial charge in [-0.3, -0.25) is 0 Å². The normalized spacial score (nSPS) is 12.6. The zero-order valence-electron chi connectivity index (χ0n) is 16.6. The molecule has 1 unspecified atom stereocenters. The Morgan fingerprint density at radius 2 is 1.76 bits per heavy atom. The van der Waals surface area contributed by atoms with Gasteiger partial charge in [-0.05, 0) is 61.9 Å². The smallest absolute Gasteiger partial charge is 0.416 e. The summed E-state index contributed by atoms with van der Waals surface area (Å²) < 4.78 is 59.7. The van der Waals surface area contributed by atoms with Crippen LogP contribution in [0.5, 0.6) is 11.5 Å². The SMILES string of the molecule is CCOc1ccc(SCC(COc2ccc(C(F)(F)F)cc2)OCOC)cc1C. The second-order valence-corrected chi connectivity index (χ2v) is 7.29. The number of halogens is 3. The van der Waals surface area contributed by atoms with Crippen molar-refractivity contribution in [3.05, 3.63) is 53.6 Å². The van der Waals surface area contributed by atoms with Crippen LogP contribution in [-0.4, -0.2) is 39.0 Å². The van der Waals surface area contributed by atoms with E-state index in [1.165, 1.54) is 19.2 Å². The van der Waals surface area contributed by atoms with Gasteiger partial charge in [0, 0.05) is 17.8 Å². The summed E-state index contributed by atoms with van der Waals surface area (Å²) in [5.74, 6) is 1.80. The van der Waals surface area contributed by atoms with E-state index >= 15 is 0 Å². The number of ether oxygens (including phenoxy) is 4. The van der Waals surface area contributed by atoms with Crippen LogP contribution in [0.1, 0.15) is 18.1 Å². The van der Waals surface area contributed by atoms with Gasteiger partial charge in [-0.1, -0.05) is 0 Å². The van der Waals surface area contributed by atoms with Crippen LogP contribution >= 0.6 is 11.8 Å². The Morgan fingerprint density at radius 1 is 1.03 bits per heavy atom. The fraction of sp³-hybridized carbons (Fsp3) is 0.429. The third-order valence-electron chi connectivity index (χ3n) is 3.92. The molecule has 4 nitrogen and oxygen atoms in total. The standard InChI is InChI=1S/C21H25F3O4S/c1-4-26-20-10-9-19(11-15(20)2)29-13-18(28-14-25-3)12-27-17-7-5-16(6-8-17)21(22,23)24/h5-11,18H,4,12-14H2,1-3H3. The van der Waals surface area contributed by atoms with Crippen LogP contribution < -0.4 is 9.47 Å². The number of aryl methyl sites for hydroxylation is 1. The first-order valence-corrected chi connectivity index (χ1v) is 10.1. The molecule has 0 N–H and O–H groups in total. The fourth-order valence-electron chi connectivity index (χ4n) is 2.46. The summed E-state index contributed by atoms with van der Waals surface area (Å²) in [5.41, 5.74) is 0.339. The number of rotatable bonds is 11. The molecule has 0 amide bonds. The lowest BCUT2D eigenvalue weighted by Crippen LogP contribution is -2.25. The van der Waals surface area contributed by atoms with Crippen molar-refractivity contribution in [2.75, 3.05) is 32.9 Å². The van der Waals surface area contributed by atoms with E-state index in [9.17, 15) is 13.2 Å². The Kier molecular flexibility index (Phi) is 9.13. The minimum absolute atomic E-state index is 0.101. The predicted molar refractivity (Wildman–Crippen MR) is 107 cm³/mol. The minimum Gasteiger partial charge on any atom is -0.494 e. The van der Waals surface area contributed by atoms with Gasteiger partial charge in [0.15, 0.2) is 0 Å². The quantitative estimate of drug-likeness (QED) is 0.344. The second-order valence-electron chi connectivity index (χ2n) is 6.20. The summed E-state index contributed by atoms with van der Waals surface area (Å²) in [6.07, 6.45) is -4.66. The number of methoxy groups -OCH3 is 1. The first kappa shape index (κ1) is 23.4. The lowest BCUT2D eigenvalue weighted by Gasteiger charge is -2.18. The van der Waals surface area contributed by atoms with Gasteiger partial charge in [-0.25, -0.2) is 0 Å². The molecule has 0 spiro atoms. The molecular weight excluding hydrogens is 405 g/mol. The first-order chi connectivity index (χ1) is 13.8. The van der Waals surface area contributed by atoms with Crippen LogP contribution in [0.4, 0.5) is 13.2 Å².